The van der Waals surface area contributed by atoms with Crippen LogP contribution in [0.3, 0.4) is 0 Å². The Hall–Kier alpha value is -2.57. The molecule has 2 heterocycles. The van der Waals surface area contributed by atoms with Crippen LogP contribution in [0.2, 0.25) is 0 Å². The summed E-state index contributed by atoms with van der Waals surface area (Å²) < 4.78 is 18.5. The van der Waals surface area contributed by atoms with E-state index in [1.165, 1.54) is 17.0 Å². The van der Waals surface area contributed by atoms with Gasteiger partial charge in [0.1, 0.15) is 12.4 Å². The van der Waals surface area contributed by atoms with E-state index < -0.39 is 17.5 Å². The van der Waals surface area contributed by atoms with Gasteiger partial charge in [-0.25, -0.2) is 4.39 Å². The Bertz CT molecular complexity index is 711. The van der Waals surface area contributed by atoms with Crippen molar-refractivity contribution in [3.8, 4) is 0 Å². The van der Waals surface area contributed by atoms with E-state index in [2.05, 4.69) is 10.2 Å². The average molecular weight is 275 g/mol. The molecule has 1 aliphatic heterocycles. The van der Waals surface area contributed by atoms with Gasteiger partial charge < -0.3 is 4.42 Å². The van der Waals surface area contributed by atoms with Crippen LogP contribution in [0.4, 0.5) is 10.1 Å². The molecule has 0 radical (unpaired) electrons. The molecule has 2 aromatic rings. The van der Waals surface area contributed by atoms with Crippen molar-refractivity contribution in [2.45, 2.75) is 19.9 Å². The number of hydrogen-bond acceptors (Lipinski definition) is 5. The number of aromatic nitrogens is 2. The molecule has 3 rings (SSSR count). The fraction of sp³-hybridized carbons (Fsp3) is 0.231. The predicted octanol–water partition coefficient (Wildman–Crippen LogP) is 1.50. The van der Waals surface area contributed by atoms with E-state index in [4.69, 9.17) is 4.42 Å². The van der Waals surface area contributed by atoms with Gasteiger partial charge in [-0.2, -0.15) is 0 Å². The molecule has 0 saturated heterocycles. The number of hydrogen-bond donors (Lipinski definition) is 0. The van der Waals surface area contributed by atoms with Crippen molar-refractivity contribution >= 4 is 17.4 Å². The second-order valence-electron chi connectivity index (χ2n) is 4.32. The first-order chi connectivity index (χ1) is 9.60. The second kappa shape index (κ2) is 4.52. The first kappa shape index (κ1) is 12.5. The number of fused-ring (bicyclic) bond motifs is 1. The molecule has 0 unspecified atom stereocenters. The van der Waals surface area contributed by atoms with Crippen LogP contribution >= 0.6 is 0 Å². The standard InChI is InChI=1S/C13H10FN3O3/c1-2-10-15-16-11(20-10)6-17-9-4-3-7(14)5-8(9)12(18)13(17)19/h3-5H,2,6H2,1H3. The number of carbonyl (C=O) groups excluding carboxylic acids is 2. The van der Waals surface area contributed by atoms with E-state index in [0.717, 1.165) is 6.07 Å². The second-order valence-corrected chi connectivity index (χ2v) is 4.32. The van der Waals surface area contributed by atoms with E-state index >= 15 is 0 Å². The largest absolute Gasteiger partial charge is 0.423 e. The van der Waals surface area contributed by atoms with E-state index in [1.807, 2.05) is 6.92 Å². The molecule has 6 nitrogen and oxygen atoms in total. The van der Waals surface area contributed by atoms with Crippen molar-refractivity contribution in [1.82, 2.24) is 10.2 Å². The van der Waals surface area contributed by atoms with Crippen molar-refractivity contribution < 1.29 is 18.4 Å². The number of carbonyl (C=O) groups is 2. The number of benzene rings is 1. The molecule has 0 fully saturated rings. The van der Waals surface area contributed by atoms with Crippen molar-refractivity contribution in [2.75, 3.05) is 4.90 Å². The van der Waals surface area contributed by atoms with Crippen molar-refractivity contribution in [3.05, 3.63) is 41.4 Å². The monoisotopic (exact) mass is 275 g/mol. The van der Waals surface area contributed by atoms with Gasteiger partial charge in [-0.15, -0.1) is 10.2 Å². The molecule has 1 aromatic heterocycles. The zero-order valence-corrected chi connectivity index (χ0v) is 10.6. The summed E-state index contributed by atoms with van der Waals surface area (Å²) in [6.07, 6.45) is 0.585. The lowest BCUT2D eigenvalue weighted by Gasteiger charge is -2.13. The van der Waals surface area contributed by atoms with Crippen LogP contribution in [-0.4, -0.2) is 21.9 Å². The smallest absolute Gasteiger partial charge is 0.299 e. The zero-order valence-electron chi connectivity index (χ0n) is 10.6. The Morgan fingerprint density at radius 3 is 2.70 bits per heavy atom. The van der Waals surface area contributed by atoms with Gasteiger partial charge in [0.05, 0.1) is 11.3 Å². The van der Waals surface area contributed by atoms with Crippen LogP contribution in [0.1, 0.15) is 29.1 Å². The van der Waals surface area contributed by atoms with E-state index in [-0.39, 0.29) is 18.0 Å². The Kier molecular flexibility index (Phi) is 2.81. The number of amides is 1. The minimum atomic E-state index is -0.727. The van der Waals surface area contributed by atoms with Crippen molar-refractivity contribution in [3.63, 3.8) is 0 Å². The molecular weight excluding hydrogens is 265 g/mol. The lowest BCUT2D eigenvalue weighted by atomic mass is 10.1. The molecule has 0 atom stereocenters. The van der Waals surface area contributed by atoms with Crippen LogP contribution in [0, 0.1) is 5.82 Å². The van der Waals surface area contributed by atoms with E-state index in [0.29, 0.717) is 18.0 Å². The number of aryl methyl sites for hydroxylation is 1. The molecule has 0 saturated carbocycles. The predicted molar refractivity (Wildman–Crippen MR) is 65.6 cm³/mol. The van der Waals surface area contributed by atoms with Gasteiger partial charge in [-0.05, 0) is 18.2 Å². The quantitative estimate of drug-likeness (QED) is 0.793. The highest BCUT2D eigenvalue weighted by atomic mass is 19.1. The van der Waals surface area contributed by atoms with Crippen molar-refractivity contribution in [1.29, 1.82) is 0 Å². The highest BCUT2D eigenvalue weighted by Crippen LogP contribution is 2.30. The Balaban J connectivity index is 1.95. The van der Waals surface area contributed by atoms with Gasteiger partial charge in [-0.3, -0.25) is 14.5 Å². The summed E-state index contributed by atoms with van der Waals surface area (Å²) in [4.78, 5) is 24.9. The molecule has 0 bridgehead atoms. The normalized spacial score (nSPS) is 14.0. The first-order valence-electron chi connectivity index (χ1n) is 6.07. The lowest BCUT2D eigenvalue weighted by molar-refractivity contribution is -0.114. The highest BCUT2D eigenvalue weighted by Gasteiger charge is 2.36. The maximum atomic E-state index is 13.1. The topological polar surface area (TPSA) is 76.3 Å². The number of Topliss-reactive ketones (excluding diaryl/α,β-unsaturated/α-hetero) is 1. The molecule has 1 amide bonds. The number of ketones is 1. The van der Waals surface area contributed by atoms with Gasteiger partial charge in [0.15, 0.2) is 0 Å². The molecule has 20 heavy (non-hydrogen) atoms. The number of rotatable bonds is 3. The number of nitrogens with zero attached hydrogens (tertiary/aromatic N) is 3. The van der Waals surface area contributed by atoms with Crippen LogP contribution in [0.5, 0.6) is 0 Å². The molecule has 1 aromatic carbocycles. The molecule has 102 valence electrons. The minimum absolute atomic E-state index is 0.00376. The fourth-order valence-corrected chi connectivity index (χ4v) is 2.06. The van der Waals surface area contributed by atoms with Gasteiger partial charge in [0, 0.05) is 6.42 Å². The maximum absolute atomic E-state index is 13.1. The number of halogens is 1. The van der Waals surface area contributed by atoms with Gasteiger partial charge in [0.2, 0.25) is 11.8 Å². The fourth-order valence-electron chi connectivity index (χ4n) is 2.06. The van der Waals surface area contributed by atoms with Crippen LogP contribution in [0.25, 0.3) is 0 Å². The van der Waals surface area contributed by atoms with E-state index in [9.17, 15) is 14.0 Å². The molecule has 0 aliphatic carbocycles. The maximum Gasteiger partial charge on any atom is 0.299 e. The van der Waals surface area contributed by atoms with E-state index in [1.54, 1.807) is 0 Å². The van der Waals surface area contributed by atoms with Gasteiger partial charge >= 0.3 is 0 Å². The van der Waals surface area contributed by atoms with Crippen LogP contribution in [0.15, 0.2) is 22.6 Å². The van der Waals surface area contributed by atoms with Gasteiger partial charge in [0.25, 0.3) is 11.7 Å². The summed E-state index contributed by atoms with van der Waals surface area (Å²) in [5.74, 6) is -1.31. The summed E-state index contributed by atoms with van der Waals surface area (Å²) in [5.41, 5.74) is 0.419. The third kappa shape index (κ3) is 1.87. The number of anilines is 1. The summed E-state index contributed by atoms with van der Waals surface area (Å²) >= 11 is 0. The Labute approximate surface area is 113 Å². The third-order valence-corrected chi connectivity index (χ3v) is 3.04. The summed E-state index contributed by atoms with van der Waals surface area (Å²) in [6.45, 7) is 1.86. The van der Waals surface area contributed by atoms with Gasteiger partial charge in [-0.1, -0.05) is 6.92 Å². The SMILES string of the molecule is CCc1nnc(CN2C(=O)C(=O)c3cc(F)ccc32)o1. The summed E-state index contributed by atoms with van der Waals surface area (Å²) in [7, 11) is 0. The third-order valence-electron chi connectivity index (χ3n) is 3.04. The van der Waals surface area contributed by atoms with Crippen molar-refractivity contribution in [2.24, 2.45) is 0 Å². The lowest BCUT2D eigenvalue weighted by Crippen LogP contribution is -2.29. The molecular formula is C13H10FN3O3. The first-order valence-corrected chi connectivity index (χ1v) is 6.07. The molecule has 7 heteroatoms. The minimum Gasteiger partial charge on any atom is -0.423 e. The Morgan fingerprint density at radius 2 is 2.00 bits per heavy atom. The van der Waals surface area contributed by atoms with Crippen LogP contribution in [-0.2, 0) is 17.8 Å². The highest BCUT2D eigenvalue weighted by molar-refractivity contribution is 6.52. The average Bonchev–Trinajstić information content (AvgIpc) is 2.99. The zero-order chi connectivity index (χ0) is 14.3. The summed E-state index contributed by atoms with van der Waals surface area (Å²) in [5, 5.41) is 7.60. The molecule has 0 N–H and O–H groups in total. The van der Waals surface area contributed by atoms with Crippen LogP contribution < -0.4 is 4.90 Å². The molecule has 1 aliphatic rings. The Morgan fingerprint density at radius 1 is 1.25 bits per heavy atom. The summed E-state index contributed by atoms with van der Waals surface area (Å²) in [6, 6.07) is 3.65. The molecule has 0 spiro atoms.